The Morgan fingerprint density at radius 2 is 2.00 bits per heavy atom. The van der Waals surface area contributed by atoms with Crippen molar-refractivity contribution in [3.63, 3.8) is 0 Å². The molecule has 1 aromatic rings. The van der Waals surface area contributed by atoms with Crippen LogP contribution in [0.1, 0.15) is 31.2 Å². The molecule has 104 valence electrons. The molecule has 0 aliphatic rings. The summed E-state index contributed by atoms with van der Waals surface area (Å²) in [6.07, 6.45) is 1.64. The molecule has 1 rings (SSSR count). The van der Waals surface area contributed by atoms with Crippen molar-refractivity contribution in [2.45, 2.75) is 38.5 Å². The number of unbranched alkanes of at least 4 members (excludes halogenated alkanes) is 1. The van der Waals surface area contributed by atoms with E-state index in [2.05, 4.69) is 5.16 Å². The number of nitrogens with zero attached hydrogens (tertiary/aromatic N) is 2. The Balaban J connectivity index is 3.09. The fourth-order valence-corrected chi connectivity index (χ4v) is 3.53. The maximum atomic E-state index is 12.4. The molecule has 0 fully saturated rings. The van der Waals surface area contributed by atoms with Crippen molar-refractivity contribution >= 4 is 10.0 Å². The molecule has 1 N–H and O–H groups in total. The summed E-state index contributed by atoms with van der Waals surface area (Å²) in [6.45, 7) is 5.44. The lowest BCUT2D eigenvalue weighted by Crippen LogP contribution is -2.35. The summed E-state index contributed by atoms with van der Waals surface area (Å²) in [5.41, 5.74) is 0.354. The van der Waals surface area contributed by atoms with Crippen LogP contribution in [0.3, 0.4) is 0 Å². The van der Waals surface area contributed by atoms with Gasteiger partial charge in [0.2, 0.25) is 10.0 Å². The smallest absolute Gasteiger partial charge is 0.248 e. The van der Waals surface area contributed by atoms with Gasteiger partial charge in [-0.15, -0.1) is 0 Å². The van der Waals surface area contributed by atoms with E-state index < -0.39 is 10.0 Å². The van der Waals surface area contributed by atoms with Crippen LogP contribution < -0.4 is 0 Å². The van der Waals surface area contributed by atoms with Crippen molar-refractivity contribution in [3.8, 4) is 0 Å². The van der Waals surface area contributed by atoms with E-state index in [0.717, 1.165) is 12.8 Å². The van der Waals surface area contributed by atoms with Crippen LogP contribution >= 0.6 is 0 Å². The van der Waals surface area contributed by atoms with Crippen LogP contribution in [0.2, 0.25) is 0 Å². The van der Waals surface area contributed by atoms with Crippen molar-refractivity contribution in [1.29, 1.82) is 0 Å². The number of rotatable bonds is 7. The molecule has 0 spiro atoms. The first-order chi connectivity index (χ1) is 8.45. The number of aromatic nitrogens is 1. The van der Waals surface area contributed by atoms with Gasteiger partial charge in [-0.1, -0.05) is 18.5 Å². The van der Waals surface area contributed by atoms with Crippen LogP contribution in [0.15, 0.2) is 9.42 Å². The van der Waals surface area contributed by atoms with Gasteiger partial charge in [-0.05, 0) is 20.3 Å². The summed E-state index contributed by atoms with van der Waals surface area (Å²) in [6, 6.07) is 0. The zero-order valence-electron chi connectivity index (χ0n) is 11.0. The van der Waals surface area contributed by atoms with E-state index in [1.807, 2.05) is 6.92 Å². The highest BCUT2D eigenvalue weighted by atomic mass is 32.2. The van der Waals surface area contributed by atoms with Crippen molar-refractivity contribution < 1.29 is 18.0 Å². The summed E-state index contributed by atoms with van der Waals surface area (Å²) < 4.78 is 31.1. The average Bonchev–Trinajstić information content (AvgIpc) is 2.64. The van der Waals surface area contributed by atoms with E-state index in [1.165, 1.54) is 4.31 Å². The van der Waals surface area contributed by atoms with Gasteiger partial charge in [0.05, 0.1) is 6.61 Å². The van der Waals surface area contributed by atoms with Gasteiger partial charge in [-0.3, -0.25) is 0 Å². The minimum Gasteiger partial charge on any atom is -0.395 e. The predicted octanol–water partition coefficient (Wildman–Crippen LogP) is 1.07. The van der Waals surface area contributed by atoms with Gasteiger partial charge in [0.15, 0.2) is 5.76 Å². The largest absolute Gasteiger partial charge is 0.395 e. The molecular weight excluding hydrogens is 256 g/mol. The highest BCUT2D eigenvalue weighted by Gasteiger charge is 2.30. The van der Waals surface area contributed by atoms with Gasteiger partial charge < -0.3 is 9.63 Å². The fraction of sp³-hybridized carbons (Fsp3) is 0.727. The highest BCUT2D eigenvalue weighted by molar-refractivity contribution is 7.89. The van der Waals surface area contributed by atoms with Gasteiger partial charge in [0.1, 0.15) is 10.6 Å². The van der Waals surface area contributed by atoms with Crippen LogP contribution in [0.4, 0.5) is 0 Å². The standard InChI is InChI=1S/C11H20N2O4S/c1-4-5-6-13(7-8-14)18(15,16)11-9(2)12-17-10(11)3/h14H,4-8H2,1-3H3. The molecule has 18 heavy (non-hydrogen) atoms. The molecule has 1 aromatic heterocycles. The Morgan fingerprint density at radius 3 is 2.44 bits per heavy atom. The molecule has 0 atom stereocenters. The molecule has 0 bridgehead atoms. The third-order valence-corrected chi connectivity index (χ3v) is 4.82. The molecule has 0 unspecified atom stereocenters. The molecular formula is C11H20N2O4S. The summed E-state index contributed by atoms with van der Waals surface area (Å²) in [5.74, 6) is 0.284. The van der Waals surface area contributed by atoms with E-state index in [-0.39, 0.29) is 23.8 Å². The third kappa shape index (κ3) is 3.09. The van der Waals surface area contributed by atoms with E-state index in [1.54, 1.807) is 13.8 Å². The first-order valence-electron chi connectivity index (χ1n) is 5.99. The summed E-state index contributed by atoms with van der Waals surface area (Å²) in [4.78, 5) is 0.118. The van der Waals surface area contributed by atoms with Crippen molar-refractivity contribution in [2.24, 2.45) is 0 Å². The van der Waals surface area contributed by atoms with Crippen LogP contribution in [-0.2, 0) is 10.0 Å². The normalized spacial score (nSPS) is 12.3. The average molecular weight is 276 g/mol. The Bertz CT molecular complexity index is 462. The minimum absolute atomic E-state index is 0.0897. The molecule has 0 aromatic carbocycles. The SMILES string of the molecule is CCCCN(CCO)S(=O)(=O)c1c(C)noc1C. The maximum absolute atomic E-state index is 12.4. The lowest BCUT2D eigenvalue weighted by molar-refractivity contribution is 0.252. The fourth-order valence-electron chi connectivity index (χ4n) is 1.77. The summed E-state index contributed by atoms with van der Waals surface area (Å²) in [5, 5.41) is 12.7. The predicted molar refractivity (Wildman–Crippen MR) is 66.7 cm³/mol. The minimum atomic E-state index is -3.64. The van der Waals surface area contributed by atoms with Gasteiger partial charge in [-0.25, -0.2) is 8.42 Å². The number of sulfonamides is 1. The van der Waals surface area contributed by atoms with Crippen LogP contribution in [0.5, 0.6) is 0 Å². The van der Waals surface area contributed by atoms with Crippen LogP contribution in [-0.4, -0.2) is 42.7 Å². The number of aliphatic hydroxyl groups excluding tert-OH is 1. The maximum Gasteiger partial charge on any atom is 0.248 e. The van der Waals surface area contributed by atoms with Crippen LogP contribution in [0.25, 0.3) is 0 Å². The topological polar surface area (TPSA) is 83.6 Å². The molecule has 1 heterocycles. The second-order valence-electron chi connectivity index (χ2n) is 4.13. The van der Waals surface area contributed by atoms with E-state index in [9.17, 15) is 8.42 Å². The Labute approximate surface area is 108 Å². The lowest BCUT2D eigenvalue weighted by atomic mass is 10.3. The van der Waals surface area contributed by atoms with Gasteiger partial charge in [-0.2, -0.15) is 4.31 Å². The Morgan fingerprint density at radius 1 is 1.33 bits per heavy atom. The molecule has 0 saturated heterocycles. The zero-order valence-corrected chi connectivity index (χ0v) is 11.8. The number of aliphatic hydroxyl groups is 1. The summed E-state index contributed by atoms with van der Waals surface area (Å²) in [7, 11) is -3.64. The van der Waals surface area contributed by atoms with Crippen molar-refractivity contribution in [2.75, 3.05) is 19.7 Å². The second kappa shape index (κ2) is 6.31. The second-order valence-corrected chi connectivity index (χ2v) is 6.01. The monoisotopic (exact) mass is 276 g/mol. The third-order valence-electron chi connectivity index (χ3n) is 2.68. The van der Waals surface area contributed by atoms with Gasteiger partial charge in [0, 0.05) is 13.1 Å². The highest BCUT2D eigenvalue weighted by Crippen LogP contribution is 2.23. The quantitative estimate of drug-likeness (QED) is 0.805. The first kappa shape index (κ1) is 15.1. The Hall–Kier alpha value is -0.920. The molecule has 0 aliphatic carbocycles. The van der Waals surface area contributed by atoms with Gasteiger partial charge >= 0.3 is 0 Å². The lowest BCUT2D eigenvalue weighted by Gasteiger charge is -2.20. The van der Waals surface area contributed by atoms with Gasteiger partial charge in [0.25, 0.3) is 0 Å². The van der Waals surface area contributed by atoms with E-state index >= 15 is 0 Å². The molecule has 0 radical (unpaired) electrons. The molecule has 0 aliphatic heterocycles. The van der Waals surface area contributed by atoms with Crippen molar-refractivity contribution in [1.82, 2.24) is 9.46 Å². The van der Waals surface area contributed by atoms with E-state index in [4.69, 9.17) is 9.63 Å². The van der Waals surface area contributed by atoms with Crippen molar-refractivity contribution in [3.05, 3.63) is 11.5 Å². The van der Waals surface area contributed by atoms with Crippen LogP contribution in [0, 0.1) is 13.8 Å². The molecule has 6 nitrogen and oxygen atoms in total. The number of hydrogen-bond acceptors (Lipinski definition) is 5. The Kier molecular flexibility index (Phi) is 5.30. The molecule has 0 amide bonds. The summed E-state index contributed by atoms with van der Waals surface area (Å²) >= 11 is 0. The number of hydrogen-bond donors (Lipinski definition) is 1. The molecule has 7 heteroatoms. The van der Waals surface area contributed by atoms with E-state index in [0.29, 0.717) is 12.2 Å². The molecule has 0 saturated carbocycles. The first-order valence-corrected chi connectivity index (χ1v) is 7.43. The number of aryl methyl sites for hydroxylation is 2. The zero-order chi connectivity index (χ0) is 13.8.